The molecular formula is C12H16N2O3S. The molecule has 0 aromatic heterocycles. The lowest BCUT2D eigenvalue weighted by molar-refractivity contribution is -0.126. The van der Waals surface area contributed by atoms with Gasteiger partial charge in [-0.2, -0.15) is 0 Å². The maximum Gasteiger partial charge on any atom is 0.229 e. The minimum absolute atomic E-state index is 0.323. The van der Waals surface area contributed by atoms with Gasteiger partial charge in [-0.05, 0) is 36.1 Å². The summed E-state index contributed by atoms with van der Waals surface area (Å²) in [6, 6.07) is 5.31. The summed E-state index contributed by atoms with van der Waals surface area (Å²) < 4.78 is 24.7. The Balaban J connectivity index is 2.30. The Hall–Kier alpha value is -1.56. The number of fused-ring (bicyclic) bond motifs is 1. The van der Waals surface area contributed by atoms with E-state index in [9.17, 15) is 13.2 Å². The van der Waals surface area contributed by atoms with Gasteiger partial charge in [0.15, 0.2) is 0 Å². The fraction of sp³-hybridized carbons (Fsp3) is 0.417. The molecule has 0 saturated carbocycles. The first-order valence-electron chi connectivity index (χ1n) is 5.59. The fourth-order valence-electron chi connectivity index (χ4n) is 2.32. The predicted octanol–water partition coefficient (Wildman–Crippen LogP) is 0.648. The van der Waals surface area contributed by atoms with E-state index in [1.807, 2.05) is 13.0 Å². The average molecular weight is 268 g/mol. The molecule has 6 heteroatoms. The molecule has 0 radical (unpaired) electrons. The van der Waals surface area contributed by atoms with Gasteiger partial charge in [0.05, 0.1) is 11.7 Å². The van der Waals surface area contributed by atoms with Crippen LogP contribution in [-0.2, 0) is 27.7 Å². The Morgan fingerprint density at radius 1 is 1.33 bits per heavy atom. The summed E-state index contributed by atoms with van der Waals surface area (Å²) in [6.07, 6.45) is 2.27. The first kappa shape index (κ1) is 12.9. The highest BCUT2D eigenvalue weighted by Gasteiger charge is 2.37. The number of nitrogens with two attached hydrogens (primary N) is 1. The molecule has 18 heavy (non-hydrogen) atoms. The normalized spacial score (nSPS) is 22.6. The van der Waals surface area contributed by atoms with Crippen molar-refractivity contribution in [2.75, 3.05) is 11.0 Å². The molecule has 0 saturated heterocycles. The van der Waals surface area contributed by atoms with E-state index in [0.717, 1.165) is 17.4 Å². The van der Waals surface area contributed by atoms with E-state index in [4.69, 9.17) is 5.73 Å². The standard InChI is InChI=1S/C12H16N2O3S/c1-12(11(13)15)6-8-3-4-10(5-9(8)7-12)14-18(2,16)17/h3-5,14H,6-7H2,1-2H3,(H2,13,15). The molecule has 1 unspecified atom stereocenters. The van der Waals surface area contributed by atoms with Gasteiger partial charge in [-0.3, -0.25) is 9.52 Å². The molecule has 0 bridgehead atoms. The van der Waals surface area contributed by atoms with Crippen LogP contribution in [0.15, 0.2) is 18.2 Å². The number of sulfonamides is 1. The van der Waals surface area contributed by atoms with Crippen LogP contribution in [0.1, 0.15) is 18.1 Å². The second kappa shape index (κ2) is 3.98. The number of carbonyl (C=O) groups excluding carboxylic acids is 1. The van der Waals surface area contributed by atoms with E-state index in [-0.39, 0.29) is 5.91 Å². The SMILES string of the molecule is CC1(C(N)=O)Cc2ccc(NS(C)(=O)=O)cc2C1. The minimum atomic E-state index is -3.28. The molecule has 1 aromatic carbocycles. The van der Waals surface area contributed by atoms with Crippen molar-refractivity contribution in [2.45, 2.75) is 19.8 Å². The smallest absolute Gasteiger partial charge is 0.229 e. The summed E-state index contributed by atoms with van der Waals surface area (Å²) in [5.41, 5.74) is 7.38. The van der Waals surface area contributed by atoms with E-state index in [1.165, 1.54) is 0 Å². The predicted molar refractivity (Wildman–Crippen MR) is 69.6 cm³/mol. The van der Waals surface area contributed by atoms with Crippen molar-refractivity contribution in [3.05, 3.63) is 29.3 Å². The molecule has 1 amide bonds. The number of anilines is 1. The summed E-state index contributed by atoms with van der Waals surface area (Å²) >= 11 is 0. The van der Waals surface area contributed by atoms with Crippen LogP contribution < -0.4 is 10.5 Å². The van der Waals surface area contributed by atoms with Crippen molar-refractivity contribution >= 4 is 21.6 Å². The number of benzene rings is 1. The van der Waals surface area contributed by atoms with Crippen molar-refractivity contribution in [3.8, 4) is 0 Å². The molecule has 5 nitrogen and oxygen atoms in total. The lowest BCUT2D eigenvalue weighted by Crippen LogP contribution is -2.34. The van der Waals surface area contributed by atoms with Crippen molar-refractivity contribution < 1.29 is 13.2 Å². The summed E-state index contributed by atoms with van der Waals surface area (Å²) in [4.78, 5) is 11.4. The van der Waals surface area contributed by atoms with Crippen molar-refractivity contribution in [1.82, 2.24) is 0 Å². The van der Waals surface area contributed by atoms with Crippen molar-refractivity contribution in [3.63, 3.8) is 0 Å². The fourth-order valence-corrected chi connectivity index (χ4v) is 2.87. The maximum atomic E-state index is 11.4. The van der Waals surface area contributed by atoms with Gasteiger partial charge in [0, 0.05) is 5.69 Å². The number of hydrogen-bond acceptors (Lipinski definition) is 3. The topological polar surface area (TPSA) is 89.3 Å². The highest BCUT2D eigenvalue weighted by molar-refractivity contribution is 7.92. The lowest BCUT2D eigenvalue weighted by Gasteiger charge is -2.17. The van der Waals surface area contributed by atoms with Gasteiger partial charge < -0.3 is 5.73 Å². The van der Waals surface area contributed by atoms with Crippen LogP contribution in [0.5, 0.6) is 0 Å². The number of rotatable bonds is 3. The number of primary amides is 1. The zero-order valence-electron chi connectivity index (χ0n) is 10.4. The zero-order valence-corrected chi connectivity index (χ0v) is 11.2. The second-order valence-corrected chi connectivity index (χ2v) is 6.88. The Morgan fingerprint density at radius 2 is 1.94 bits per heavy atom. The monoisotopic (exact) mass is 268 g/mol. The third-order valence-electron chi connectivity index (χ3n) is 3.27. The van der Waals surface area contributed by atoms with Crippen LogP contribution in [0.2, 0.25) is 0 Å². The molecule has 0 spiro atoms. The van der Waals surface area contributed by atoms with Gasteiger partial charge >= 0.3 is 0 Å². The average Bonchev–Trinajstić information content (AvgIpc) is 2.52. The number of amides is 1. The molecule has 2 rings (SSSR count). The third-order valence-corrected chi connectivity index (χ3v) is 3.87. The van der Waals surface area contributed by atoms with Gasteiger partial charge in [0.1, 0.15) is 0 Å². The summed E-state index contributed by atoms with van der Waals surface area (Å²) in [7, 11) is -3.28. The number of carbonyl (C=O) groups is 1. The van der Waals surface area contributed by atoms with Crippen LogP contribution in [0, 0.1) is 5.41 Å². The summed E-state index contributed by atoms with van der Waals surface area (Å²) in [5, 5.41) is 0. The van der Waals surface area contributed by atoms with Crippen molar-refractivity contribution in [1.29, 1.82) is 0 Å². The van der Waals surface area contributed by atoms with Gasteiger partial charge in [0.2, 0.25) is 15.9 Å². The van der Waals surface area contributed by atoms with Crippen LogP contribution in [0.25, 0.3) is 0 Å². The summed E-state index contributed by atoms with van der Waals surface area (Å²) in [5.74, 6) is -0.323. The quantitative estimate of drug-likeness (QED) is 0.843. The van der Waals surface area contributed by atoms with E-state index < -0.39 is 15.4 Å². The van der Waals surface area contributed by atoms with Crippen molar-refractivity contribution in [2.24, 2.45) is 11.1 Å². The van der Waals surface area contributed by atoms with Crippen LogP contribution in [0.4, 0.5) is 5.69 Å². The van der Waals surface area contributed by atoms with Crippen LogP contribution >= 0.6 is 0 Å². The van der Waals surface area contributed by atoms with Gasteiger partial charge in [-0.25, -0.2) is 8.42 Å². The first-order chi connectivity index (χ1) is 8.20. The van der Waals surface area contributed by atoms with Gasteiger partial charge in [0.25, 0.3) is 0 Å². The van der Waals surface area contributed by atoms with E-state index in [2.05, 4.69) is 4.72 Å². The Bertz CT molecular complexity index is 610. The molecular weight excluding hydrogens is 252 g/mol. The Kier molecular flexibility index (Phi) is 2.85. The maximum absolute atomic E-state index is 11.4. The minimum Gasteiger partial charge on any atom is -0.369 e. The number of nitrogens with one attached hydrogen (secondary N) is 1. The third kappa shape index (κ3) is 2.48. The number of hydrogen-bond donors (Lipinski definition) is 2. The molecule has 98 valence electrons. The molecule has 0 heterocycles. The van der Waals surface area contributed by atoms with Crippen LogP contribution in [0.3, 0.4) is 0 Å². The first-order valence-corrected chi connectivity index (χ1v) is 7.48. The molecule has 1 aliphatic rings. The Morgan fingerprint density at radius 3 is 2.50 bits per heavy atom. The molecule has 1 atom stereocenters. The molecule has 1 aliphatic carbocycles. The molecule has 3 N–H and O–H groups in total. The highest BCUT2D eigenvalue weighted by atomic mass is 32.2. The lowest BCUT2D eigenvalue weighted by atomic mass is 9.87. The molecule has 1 aromatic rings. The largest absolute Gasteiger partial charge is 0.369 e. The summed E-state index contributed by atoms with van der Waals surface area (Å²) in [6.45, 7) is 1.83. The van der Waals surface area contributed by atoms with E-state index in [0.29, 0.717) is 18.5 Å². The second-order valence-electron chi connectivity index (χ2n) is 5.14. The highest BCUT2D eigenvalue weighted by Crippen LogP contribution is 2.37. The van der Waals surface area contributed by atoms with Gasteiger partial charge in [-0.15, -0.1) is 0 Å². The Labute approximate surface area is 106 Å². The molecule has 0 aliphatic heterocycles. The molecule has 0 fully saturated rings. The van der Waals surface area contributed by atoms with E-state index >= 15 is 0 Å². The zero-order chi connectivity index (χ0) is 13.6. The van der Waals surface area contributed by atoms with Gasteiger partial charge in [-0.1, -0.05) is 13.0 Å². The van der Waals surface area contributed by atoms with Crippen LogP contribution in [-0.4, -0.2) is 20.6 Å². The van der Waals surface area contributed by atoms with E-state index in [1.54, 1.807) is 12.1 Å².